The van der Waals surface area contributed by atoms with Crippen LogP contribution in [-0.4, -0.2) is 44.2 Å². The molecule has 0 atom stereocenters. The van der Waals surface area contributed by atoms with Crippen molar-refractivity contribution in [3.63, 3.8) is 0 Å². The molecule has 5 rings (SSSR count). The van der Waals surface area contributed by atoms with E-state index in [1.54, 1.807) is 12.1 Å². The van der Waals surface area contributed by atoms with Crippen molar-refractivity contribution in [3.8, 4) is 0 Å². The summed E-state index contributed by atoms with van der Waals surface area (Å²) in [6.07, 6.45) is 2.33. The van der Waals surface area contributed by atoms with Crippen molar-refractivity contribution in [3.05, 3.63) is 78.1 Å². The second-order valence-electron chi connectivity index (χ2n) is 8.68. The molecule has 2 aliphatic rings. The predicted molar refractivity (Wildman–Crippen MR) is 133 cm³/mol. The number of rotatable bonds is 6. The van der Waals surface area contributed by atoms with E-state index < -0.39 is 0 Å². The minimum absolute atomic E-state index is 0.114. The van der Waals surface area contributed by atoms with Gasteiger partial charge in [-0.1, -0.05) is 42.1 Å². The lowest BCUT2D eigenvalue weighted by Gasteiger charge is -2.36. The second-order valence-corrected chi connectivity index (χ2v) is 9.76. The summed E-state index contributed by atoms with van der Waals surface area (Å²) in [6.45, 7) is 8.09. The third kappa shape index (κ3) is 4.50. The molecule has 1 fully saturated rings. The van der Waals surface area contributed by atoms with Crippen molar-refractivity contribution < 1.29 is 4.39 Å². The summed E-state index contributed by atoms with van der Waals surface area (Å²) >= 11 is 1.87. The van der Waals surface area contributed by atoms with Crippen molar-refractivity contribution >= 4 is 28.8 Å². The fraction of sp³-hybridized carbons (Fsp3) is 0.333. The average Bonchev–Trinajstić information content (AvgIpc) is 2.82. The van der Waals surface area contributed by atoms with E-state index >= 15 is 0 Å². The maximum absolute atomic E-state index is 14.1. The van der Waals surface area contributed by atoms with E-state index in [0.717, 1.165) is 51.4 Å². The molecule has 2 aliphatic heterocycles. The number of benzene rings is 3. The van der Waals surface area contributed by atoms with Gasteiger partial charge in [0.15, 0.2) is 0 Å². The van der Waals surface area contributed by atoms with Crippen molar-refractivity contribution in [1.29, 1.82) is 0 Å². The molecule has 0 aliphatic carbocycles. The Morgan fingerprint density at radius 2 is 1.44 bits per heavy atom. The molecule has 0 radical (unpaired) electrons. The summed E-state index contributed by atoms with van der Waals surface area (Å²) in [5.41, 5.74) is 4.71. The molecular weight excluding hydrogens is 417 g/mol. The summed E-state index contributed by atoms with van der Waals surface area (Å²) in [7, 11) is 0. The summed E-state index contributed by atoms with van der Waals surface area (Å²) in [6, 6.07) is 22.6. The van der Waals surface area contributed by atoms with Crippen LogP contribution >= 0.6 is 11.8 Å². The summed E-state index contributed by atoms with van der Waals surface area (Å²) in [4.78, 5) is 9.89. The van der Waals surface area contributed by atoms with Gasteiger partial charge in [0.1, 0.15) is 5.82 Å². The number of para-hydroxylation sites is 2. The molecule has 0 amide bonds. The van der Waals surface area contributed by atoms with Crippen LogP contribution in [0.3, 0.4) is 0 Å². The van der Waals surface area contributed by atoms with Gasteiger partial charge in [-0.05, 0) is 68.3 Å². The lowest BCUT2D eigenvalue weighted by atomic mass is 10.1. The number of aryl methyl sites for hydroxylation is 1. The Labute approximate surface area is 194 Å². The largest absolute Gasteiger partial charge is 0.367 e. The molecule has 0 unspecified atom stereocenters. The highest BCUT2D eigenvalue weighted by atomic mass is 32.2. The van der Waals surface area contributed by atoms with Gasteiger partial charge in [0.2, 0.25) is 0 Å². The fourth-order valence-electron chi connectivity index (χ4n) is 4.71. The predicted octanol–water partition coefficient (Wildman–Crippen LogP) is 6.34. The van der Waals surface area contributed by atoms with Crippen molar-refractivity contribution in [1.82, 2.24) is 4.90 Å². The molecule has 166 valence electrons. The molecule has 3 aromatic carbocycles. The molecule has 5 heteroatoms. The summed E-state index contributed by atoms with van der Waals surface area (Å²) in [5.74, 6) is -0.114. The van der Waals surface area contributed by atoms with Crippen molar-refractivity contribution in [2.75, 3.05) is 49.1 Å². The second kappa shape index (κ2) is 9.55. The number of anilines is 3. The Bertz CT molecular complexity index is 1080. The van der Waals surface area contributed by atoms with Gasteiger partial charge in [-0.15, -0.1) is 0 Å². The number of hydrogen-bond donors (Lipinski definition) is 0. The minimum atomic E-state index is -0.114. The molecule has 0 N–H and O–H groups in total. The highest BCUT2D eigenvalue weighted by Crippen LogP contribution is 2.48. The van der Waals surface area contributed by atoms with Gasteiger partial charge in [-0.25, -0.2) is 4.39 Å². The van der Waals surface area contributed by atoms with E-state index in [4.69, 9.17) is 0 Å². The van der Waals surface area contributed by atoms with Crippen LogP contribution in [0.15, 0.2) is 76.5 Å². The lowest BCUT2D eigenvalue weighted by molar-refractivity contribution is 0.253. The van der Waals surface area contributed by atoms with E-state index in [0.29, 0.717) is 0 Å². The van der Waals surface area contributed by atoms with Crippen LogP contribution in [0.4, 0.5) is 21.5 Å². The van der Waals surface area contributed by atoms with E-state index in [9.17, 15) is 4.39 Å². The molecule has 0 spiro atoms. The Morgan fingerprint density at radius 1 is 0.750 bits per heavy atom. The molecule has 1 saturated heterocycles. The molecule has 0 saturated carbocycles. The Balaban J connectivity index is 1.16. The first-order valence-corrected chi connectivity index (χ1v) is 12.4. The monoisotopic (exact) mass is 447 g/mol. The topological polar surface area (TPSA) is 9.72 Å². The zero-order valence-electron chi connectivity index (χ0n) is 18.6. The van der Waals surface area contributed by atoms with Crippen LogP contribution in [0.25, 0.3) is 0 Å². The molecule has 3 nitrogen and oxygen atoms in total. The van der Waals surface area contributed by atoms with Gasteiger partial charge in [0.25, 0.3) is 0 Å². The van der Waals surface area contributed by atoms with Crippen molar-refractivity contribution in [2.24, 2.45) is 0 Å². The van der Waals surface area contributed by atoms with E-state index in [1.807, 2.05) is 23.9 Å². The molecule has 3 aromatic rings. The van der Waals surface area contributed by atoms with Crippen LogP contribution in [0, 0.1) is 12.7 Å². The lowest BCUT2D eigenvalue weighted by Crippen LogP contribution is -2.47. The zero-order valence-corrected chi connectivity index (χ0v) is 19.5. The van der Waals surface area contributed by atoms with E-state index in [1.165, 1.54) is 33.2 Å². The average molecular weight is 448 g/mol. The van der Waals surface area contributed by atoms with Crippen LogP contribution in [0.1, 0.15) is 18.4 Å². The first kappa shape index (κ1) is 21.4. The number of halogens is 1. The molecule has 0 bridgehead atoms. The molecular formula is C27H30FN3S. The Kier molecular flexibility index (Phi) is 6.37. The Morgan fingerprint density at radius 3 is 2.25 bits per heavy atom. The first-order chi connectivity index (χ1) is 15.7. The quantitative estimate of drug-likeness (QED) is 0.408. The van der Waals surface area contributed by atoms with Crippen LogP contribution in [0.2, 0.25) is 0 Å². The van der Waals surface area contributed by atoms with Gasteiger partial charge >= 0.3 is 0 Å². The summed E-state index contributed by atoms with van der Waals surface area (Å²) in [5, 5.41) is 0. The standard InChI is InChI=1S/C27H30FN3S/c1-21-12-13-27-25(20-21)31(24-10-4-5-11-26(24)32-27)15-7-6-14-29-16-18-30(19-17-29)23-9-3-2-8-22(23)28/h2-5,8-13,20H,6-7,14-19H2,1H3. The van der Waals surface area contributed by atoms with Crippen LogP contribution in [-0.2, 0) is 0 Å². The van der Waals surface area contributed by atoms with Crippen LogP contribution in [0.5, 0.6) is 0 Å². The van der Waals surface area contributed by atoms with E-state index in [-0.39, 0.29) is 5.82 Å². The van der Waals surface area contributed by atoms with Gasteiger partial charge in [0.05, 0.1) is 17.1 Å². The summed E-state index contributed by atoms with van der Waals surface area (Å²) < 4.78 is 14.1. The SMILES string of the molecule is Cc1ccc2c(c1)N(CCCCN1CCN(c3ccccc3F)CC1)c1ccccc1S2. The van der Waals surface area contributed by atoms with Gasteiger partial charge in [-0.3, -0.25) is 4.90 Å². The third-order valence-corrected chi connectivity index (χ3v) is 7.58. The molecule has 32 heavy (non-hydrogen) atoms. The smallest absolute Gasteiger partial charge is 0.146 e. The number of piperazine rings is 1. The zero-order chi connectivity index (χ0) is 21.9. The maximum atomic E-state index is 14.1. The number of nitrogens with zero attached hydrogens (tertiary/aromatic N) is 3. The first-order valence-electron chi connectivity index (χ1n) is 11.6. The highest BCUT2D eigenvalue weighted by molar-refractivity contribution is 7.99. The van der Waals surface area contributed by atoms with Crippen molar-refractivity contribution in [2.45, 2.75) is 29.6 Å². The number of hydrogen-bond acceptors (Lipinski definition) is 4. The van der Waals surface area contributed by atoms with Gasteiger partial charge < -0.3 is 9.80 Å². The number of unbranched alkanes of at least 4 members (excludes halogenated alkanes) is 1. The highest BCUT2D eigenvalue weighted by Gasteiger charge is 2.23. The number of fused-ring (bicyclic) bond motifs is 2. The van der Waals surface area contributed by atoms with Crippen LogP contribution < -0.4 is 9.80 Å². The van der Waals surface area contributed by atoms with Gasteiger partial charge in [-0.2, -0.15) is 0 Å². The molecule has 0 aromatic heterocycles. The van der Waals surface area contributed by atoms with E-state index in [2.05, 4.69) is 64.1 Å². The Hall–Kier alpha value is -2.50. The van der Waals surface area contributed by atoms with Gasteiger partial charge in [0, 0.05) is 42.5 Å². The normalized spacial score (nSPS) is 16.1. The third-order valence-electron chi connectivity index (χ3n) is 6.45. The maximum Gasteiger partial charge on any atom is 0.146 e. The minimum Gasteiger partial charge on any atom is -0.367 e. The fourth-order valence-corrected chi connectivity index (χ4v) is 5.78. The molecule has 2 heterocycles.